The van der Waals surface area contributed by atoms with Crippen molar-refractivity contribution >= 4 is 23.6 Å². The van der Waals surface area contributed by atoms with Gasteiger partial charge in [0.05, 0.1) is 5.56 Å². The molecule has 2 aromatic rings. The first-order valence-corrected chi connectivity index (χ1v) is 9.73. The molecule has 0 aliphatic rings. The number of ether oxygens (including phenoxy) is 1. The van der Waals surface area contributed by atoms with Gasteiger partial charge in [0.25, 0.3) is 5.91 Å². The second-order valence-electron chi connectivity index (χ2n) is 7.83. The third-order valence-electron chi connectivity index (χ3n) is 4.00. The highest BCUT2D eigenvalue weighted by Gasteiger charge is 2.19. The summed E-state index contributed by atoms with van der Waals surface area (Å²) in [7, 11) is 0. The van der Waals surface area contributed by atoms with Crippen LogP contribution < -0.4 is 16.0 Å². The van der Waals surface area contributed by atoms with Crippen molar-refractivity contribution in [1.29, 1.82) is 0 Å². The van der Waals surface area contributed by atoms with E-state index in [0.717, 1.165) is 11.6 Å². The van der Waals surface area contributed by atoms with E-state index in [0.29, 0.717) is 11.8 Å². The first-order valence-electron chi connectivity index (χ1n) is 9.73. The molecule has 2 aromatic carbocycles. The van der Waals surface area contributed by atoms with Crippen LogP contribution in [0.5, 0.6) is 0 Å². The van der Waals surface area contributed by atoms with E-state index in [9.17, 15) is 27.6 Å². The summed E-state index contributed by atoms with van der Waals surface area (Å²) in [6.45, 7) is 5.52. The van der Waals surface area contributed by atoms with E-state index in [1.54, 1.807) is 32.9 Å². The Bertz CT molecular complexity index is 989. The largest absolute Gasteiger partial charge is 0.444 e. The van der Waals surface area contributed by atoms with Gasteiger partial charge in [-0.1, -0.05) is 12.1 Å². The Labute approximate surface area is 183 Å². The van der Waals surface area contributed by atoms with Gasteiger partial charge in [-0.25, -0.2) is 18.0 Å². The third-order valence-corrected chi connectivity index (χ3v) is 4.00. The summed E-state index contributed by atoms with van der Waals surface area (Å²) < 4.78 is 45.1. The molecule has 0 fully saturated rings. The molecule has 0 saturated heterocycles. The highest BCUT2D eigenvalue weighted by atomic mass is 19.2. The fourth-order valence-corrected chi connectivity index (χ4v) is 2.49. The number of hydrogen-bond donors (Lipinski definition) is 3. The lowest BCUT2D eigenvalue weighted by Crippen LogP contribution is -2.35. The van der Waals surface area contributed by atoms with E-state index in [-0.39, 0.29) is 25.4 Å². The number of benzene rings is 2. The van der Waals surface area contributed by atoms with Crippen molar-refractivity contribution in [2.24, 2.45) is 0 Å². The minimum Gasteiger partial charge on any atom is -0.444 e. The topological polar surface area (TPSA) is 96.5 Å². The minimum absolute atomic E-state index is 0.0627. The monoisotopic (exact) mass is 451 g/mol. The van der Waals surface area contributed by atoms with Crippen LogP contribution in [-0.2, 0) is 16.1 Å². The van der Waals surface area contributed by atoms with E-state index >= 15 is 0 Å². The first-order chi connectivity index (χ1) is 15.0. The summed E-state index contributed by atoms with van der Waals surface area (Å²) in [4.78, 5) is 35.5. The van der Waals surface area contributed by atoms with Crippen molar-refractivity contribution in [3.63, 3.8) is 0 Å². The van der Waals surface area contributed by atoms with Crippen molar-refractivity contribution in [2.45, 2.75) is 39.3 Å². The molecule has 0 heterocycles. The smallest absolute Gasteiger partial charge is 0.407 e. The molecule has 0 aliphatic carbocycles. The number of carbonyl (C=O) groups is 3. The SMILES string of the molecule is CC(C)(C)OC(=O)NCCC(=O)NCc1ccc(NC(=O)c2ccc(F)c(F)c2F)cc1. The number of carbonyl (C=O) groups excluding carboxylic acids is 3. The molecule has 0 atom stereocenters. The van der Waals surface area contributed by atoms with Crippen LogP contribution in [0.1, 0.15) is 43.1 Å². The van der Waals surface area contributed by atoms with Gasteiger partial charge < -0.3 is 20.7 Å². The van der Waals surface area contributed by atoms with Crippen LogP contribution in [0.2, 0.25) is 0 Å². The van der Waals surface area contributed by atoms with Gasteiger partial charge in [0.2, 0.25) is 5.91 Å². The number of alkyl carbamates (subject to hydrolysis) is 1. The van der Waals surface area contributed by atoms with Crippen LogP contribution >= 0.6 is 0 Å². The van der Waals surface area contributed by atoms with E-state index in [2.05, 4.69) is 16.0 Å². The Balaban J connectivity index is 1.79. The predicted molar refractivity (Wildman–Crippen MR) is 111 cm³/mol. The summed E-state index contributed by atoms with van der Waals surface area (Å²) in [5, 5.41) is 7.55. The molecular weight excluding hydrogens is 427 g/mol. The zero-order chi connectivity index (χ0) is 23.9. The van der Waals surface area contributed by atoms with Gasteiger partial charge in [0.1, 0.15) is 5.60 Å². The van der Waals surface area contributed by atoms with Gasteiger partial charge in [-0.15, -0.1) is 0 Å². The Morgan fingerprint density at radius 1 is 0.906 bits per heavy atom. The molecular formula is C22H24F3N3O4. The maximum absolute atomic E-state index is 13.7. The minimum atomic E-state index is -1.72. The highest BCUT2D eigenvalue weighted by Crippen LogP contribution is 2.17. The van der Waals surface area contributed by atoms with Gasteiger partial charge in [0.15, 0.2) is 17.5 Å². The number of anilines is 1. The molecule has 0 radical (unpaired) electrons. The van der Waals surface area contributed by atoms with Crippen molar-refractivity contribution in [3.05, 3.63) is 65.0 Å². The Kier molecular flexibility index (Phi) is 8.22. The molecule has 0 aliphatic heterocycles. The van der Waals surface area contributed by atoms with Gasteiger partial charge in [-0.3, -0.25) is 9.59 Å². The normalized spacial score (nSPS) is 10.9. The number of halogens is 3. The number of rotatable bonds is 7. The number of amides is 3. The molecule has 2 rings (SSSR count). The predicted octanol–water partition coefficient (Wildman–Crippen LogP) is 3.89. The summed E-state index contributed by atoms with van der Waals surface area (Å²) >= 11 is 0. The molecule has 10 heteroatoms. The van der Waals surface area contributed by atoms with Crippen LogP contribution in [0.25, 0.3) is 0 Å². The average molecular weight is 451 g/mol. The molecule has 3 amide bonds. The fourth-order valence-electron chi connectivity index (χ4n) is 2.49. The molecule has 0 unspecified atom stereocenters. The maximum Gasteiger partial charge on any atom is 0.407 e. The van der Waals surface area contributed by atoms with Crippen molar-refractivity contribution in [1.82, 2.24) is 10.6 Å². The number of nitrogens with one attached hydrogen (secondary N) is 3. The van der Waals surface area contributed by atoms with Crippen molar-refractivity contribution < 1.29 is 32.3 Å². The summed E-state index contributed by atoms with van der Waals surface area (Å²) in [6, 6.07) is 7.79. The molecule has 0 aromatic heterocycles. The summed E-state index contributed by atoms with van der Waals surface area (Å²) in [5.74, 6) is -5.88. The molecule has 0 bridgehead atoms. The van der Waals surface area contributed by atoms with Crippen LogP contribution in [-0.4, -0.2) is 30.1 Å². The highest BCUT2D eigenvalue weighted by molar-refractivity contribution is 6.04. The molecule has 3 N–H and O–H groups in total. The standard InChI is InChI=1S/C22H24F3N3O4/c1-22(2,3)32-21(31)26-11-10-17(29)27-12-13-4-6-14(7-5-13)28-20(30)15-8-9-16(23)19(25)18(15)24/h4-9H,10-12H2,1-3H3,(H,26,31)(H,27,29)(H,28,30). The van der Waals surface area contributed by atoms with Gasteiger partial charge in [0, 0.05) is 25.2 Å². The Morgan fingerprint density at radius 3 is 2.19 bits per heavy atom. The van der Waals surface area contributed by atoms with Crippen molar-refractivity contribution in [3.8, 4) is 0 Å². The molecule has 172 valence electrons. The Morgan fingerprint density at radius 2 is 1.56 bits per heavy atom. The second-order valence-corrected chi connectivity index (χ2v) is 7.83. The quantitative estimate of drug-likeness (QED) is 0.557. The zero-order valence-electron chi connectivity index (χ0n) is 17.9. The van der Waals surface area contributed by atoms with E-state index in [1.807, 2.05) is 0 Å². The van der Waals surface area contributed by atoms with Crippen LogP contribution in [0.15, 0.2) is 36.4 Å². The zero-order valence-corrected chi connectivity index (χ0v) is 17.9. The van der Waals surface area contributed by atoms with Crippen LogP contribution in [0.3, 0.4) is 0 Å². The molecule has 0 saturated carbocycles. The van der Waals surface area contributed by atoms with Crippen LogP contribution in [0, 0.1) is 17.5 Å². The van der Waals surface area contributed by atoms with Crippen molar-refractivity contribution in [2.75, 3.05) is 11.9 Å². The summed E-state index contributed by atoms with van der Waals surface area (Å²) in [6.07, 6.45) is -0.543. The molecule has 32 heavy (non-hydrogen) atoms. The van der Waals surface area contributed by atoms with Crippen LogP contribution in [0.4, 0.5) is 23.7 Å². The Hall–Kier alpha value is -3.56. The average Bonchev–Trinajstić information content (AvgIpc) is 2.70. The lowest BCUT2D eigenvalue weighted by atomic mass is 10.1. The van der Waals surface area contributed by atoms with Gasteiger partial charge in [-0.2, -0.15) is 0 Å². The lowest BCUT2D eigenvalue weighted by molar-refractivity contribution is -0.121. The molecule has 0 spiro atoms. The molecule has 7 nitrogen and oxygen atoms in total. The number of hydrogen-bond acceptors (Lipinski definition) is 4. The fraction of sp³-hybridized carbons (Fsp3) is 0.318. The summed E-state index contributed by atoms with van der Waals surface area (Å²) in [5.41, 5.74) is -0.229. The lowest BCUT2D eigenvalue weighted by Gasteiger charge is -2.19. The van der Waals surface area contributed by atoms with Gasteiger partial charge >= 0.3 is 6.09 Å². The van der Waals surface area contributed by atoms with E-state index in [1.165, 1.54) is 12.1 Å². The third kappa shape index (κ3) is 7.60. The van der Waals surface area contributed by atoms with Gasteiger partial charge in [-0.05, 0) is 50.6 Å². The maximum atomic E-state index is 13.7. The first kappa shape index (κ1) is 24.7. The van der Waals surface area contributed by atoms with E-state index < -0.39 is 40.6 Å². The van der Waals surface area contributed by atoms with E-state index in [4.69, 9.17) is 4.74 Å². The second kappa shape index (κ2) is 10.7.